The molecule has 1 aromatic rings. The molecule has 1 saturated carbocycles. The van der Waals surface area contributed by atoms with E-state index in [1.165, 1.54) is 0 Å². The Bertz CT molecular complexity index is 405. The van der Waals surface area contributed by atoms with E-state index in [9.17, 15) is 0 Å². The van der Waals surface area contributed by atoms with E-state index in [-0.39, 0.29) is 6.10 Å². The lowest BCUT2D eigenvalue weighted by Gasteiger charge is -2.36. The molecule has 2 rings (SSSR count). The topological polar surface area (TPSA) is 21.3 Å². The first-order chi connectivity index (χ1) is 8.10. The van der Waals surface area contributed by atoms with Crippen LogP contribution >= 0.6 is 34.8 Å². The van der Waals surface area contributed by atoms with Gasteiger partial charge in [0.1, 0.15) is 11.9 Å². The number of halogens is 3. The van der Waals surface area contributed by atoms with Crippen molar-refractivity contribution in [3.63, 3.8) is 0 Å². The maximum Gasteiger partial charge on any atom is 0.139 e. The second-order valence-electron chi connectivity index (χ2n) is 4.16. The first-order valence-corrected chi connectivity index (χ1v) is 6.78. The van der Waals surface area contributed by atoms with Crippen LogP contribution in [-0.2, 0) is 0 Å². The molecule has 1 aliphatic carbocycles. The highest BCUT2D eigenvalue weighted by atomic mass is 35.5. The fraction of sp³-hybridized carbons (Fsp3) is 0.500. The van der Waals surface area contributed by atoms with Gasteiger partial charge in [-0.05, 0) is 25.5 Å². The normalized spacial score (nSPS) is 23.3. The van der Waals surface area contributed by atoms with Gasteiger partial charge in [0.05, 0.1) is 15.1 Å². The molecule has 2 nitrogen and oxygen atoms in total. The molecule has 0 atom stereocenters. The second-order valence-corrected chi connectivity index (χ2v) is 5.38. The fourth-order valence-electron chi connectivity index (χ4n) is 1.89. The van der Waals surface area contributed by atoms with Crippen molar-refractivity contribution in [3.05, 3.63) is 27.2 Å². The summed E-state index contributed by atoms with van der Waals surface area (Å²) in [4.78, 5) is 0. The van der Waals surface area contributed by atoms with E-state index in [2.05, 4.69) is 12.2 Å². The summed E-state index contributed by atoms with van der Waals surface area (Å²) in [6.07, 6.45) is 2.23. The van der Waals surface area contributed by atoms with E-state index >= 15 is 0 Å². The highest BCUT2D eigenvalue weighted by Gasteiger charge is 2.30. The Morgan fingerprint density at radius 2 is 1.82 bits per heavy atom. The second kappa shape index (κ2) is 5.66. The van der Waals surface area contributed by atoms with Crippen LogP contribution in [0.15, 0.2) is 12.1 Å². The molecule has 0 aliphatic heterocycles. The molecule has 0 radical (unpaired) electrons. The number of benzene rings is 1. The van der Waals surface area contributed by atoms with Crippen LogP contribution in [0.2, 0.25) is 15.1 Å². The molecular formula is C12H14Cl3NO. The van der Waals surface area contributed by atoms with Gasteiger partial charge >= 0.3 is 0 Å². The van der Waals surface area contributed by atoms with E-state index in [4.69, 9.17) is 39.5 Å². The lowest BCUT2D eigenvalue weighted by Crippen LogP contribution is -2.46. The van der Waals surface area contributed by atoms with Gasteiger partial charge in [-0.3, -0.25) is 0 Å². The van der Waals surface area contributed by atoms with Gasteiger partial charge in [0.15, 0.2) is 0 Å². The molecule has 0 unspecified atom stereocenters. The zero-order valence-electron chi connectivity index (χ0n) is 9.47. The molecule has 1 N–H and O–H groups in total. The van der Waals surface area contributed by atoms with Crippen LogP contribution in [0.5, 0.6) is 5.75 Å². The molecule has 94 valence electrons. The van der Waals surface area contributed by atoms with Crippen LogP contribution in [0, 0.1) is 0 Å². The third-order valence-electron chi connectivity index (χ3n) is 2.86. The van der Waals surface area contributed by atoms with Crippen molar-refractivity contribution < 1.29 is 4.74 Å². The van der Waals surface area contributed by atoms with E-state index in [0.717, 1.165) is 19.4 Å². The van der Waals surface area contributed by atoms with Gasteiger partial charge in [-0.15, -0.1) is 0 Å². The molecule has 0 heterocycles. The predicted octanol–water partition coefficient (Wildman–Crippen LogP) is 4.17. The number of ether oxygens (including phenoxy) is 1. The van der Waals surface area contributed by atoms with Gasteiger partial charge < -0.3 is 10.1 Å². The molecule has 0 bridgehead atoms. The molecule has 5 heteroatoms. The Labute approximate surface area is 116 Å². The van der Waals surface area contributed by atoms with E-state index < -0.39 is 0 Å². The first kappa shape index (κ1) is 13.3. The summed E-state index contributed by atoms with van der Waals surface area (Å²) >= 11 is 17.8. The summed E-state index contributed by atoms with van der Waals surface area (Å²) in [6, 6.07) is 3.85. The predicted molar refractivity (Wildman–Crippen MR) is 72.6 cm³/mol. The summed E-state index contributed by atoms with van der Waals surface area (Å²) in [6.45, 7) is 3.09. The third kappa shape index (κ3) is 3.19. The van der Waals surface area contributed by atoms with Crippen molar-refractivity contribution in [2.75, 3.05) is 6.54 Å². The zero-order valence-corrected chi connectivity index (χ0v) is 11.7. The minimum Gasteiger partial charge on any atom is -0.489 e. The van der Waals surface area contributed by atoms with Crippen molar-refractivity contribution in [1.29, 1.82) is 0 Å². The number of hydrogen-bond donors (Lipinski definition) is 1. The van der Waals surface area contributed by atoms with Crippen molar-refractivity contribution in [2.24, 2.45) is 0 Å². The van der Waals surface area contributed by atoms with E-state index in [1.807, 2.05) is 0 Å². The van der Waals surface area contributed by atoms with Crippen LogP contribution in [0.4, 0.5) is 0 Å². The summed E-state index contributed by atoms with van der Waals surface area (Å²) in [5, 5.41) is 4.79. The Morgan fingerprint density at radius 3 is 2.47 bits per heavy atom. The minimum absolute atomic E-state index is 0.216. The van der Waals surface area contributed by atoms with Crippen LogP contribution in [0.25, 0.3) is 0 Å². The quantitative estimate of drug-likeness (QED) is 0.842. The van der Waals surface area contributed by atoms with Gasteiger partial charge in [-0.2, -0.15) is 0 Å². The Morgan fingerprint density at radius 1 is 1.18 bits per heavy atom. The molecule has 0 aromatic heterocycles. The molecular weight excluding hydrogens is 280 g/mol. The van der Waals surface area contributed by atoms with Gasteiger partial charge in [-0.25, -0.2) is 0 Å². The molecule has 1 aromatic carbocycles. The average Bonchev–Trinajstić information content (AvgIpc) is 2.22. The molecule has 0 amide bonds. The summed E-state index contributed by atoms with van der Waals surface area (Å²) in [7, 11) is 0. The summed E-state index contributed by atoms with van der Waals surface area (Å²) in [5.41, 5.74) is 0. The third-order valence-corrected chi connectivity index (χ3v) is 3.87. The van der Waals surface area contributed by atoms with Crippen molar-refractivity contribution in [1.82, 2.24) is 5.32 Å². The van der Waals surface area contributed by atoms with Gasteiger partial charge in [0.25, 0.3) is 0 Å². The van der Waals surface area contributed by atoms with Crippen LogP contribution < -0.4 is 10.1 Å². The fourth-order valence-corrected chi connectivity index (χ4v) is 2.47. The Hall–Kier alpha value is -0.150. The van der Waals surface area contributed by atoms with Crippen LogP contribution in [0.3, 0.4) is 0 Å². The zero-order chi connectivity index (χ0) is 12.4. The average molecular weight is 295 g/mol. The van der Waals surface area contributed by atoms with Crippen LogP contribution in [0.1, 0.15) is 19.8 Å². The number of rotatable bonds is 4. The summed E-state index contributed by atoms with van der Waals surface area (Å²) in [5.74, 6) is 0.612. The van der Waals surface area contributed by atoms with Crippen molar-refractivity contribution in [2.45, 2.75) is 31.9 Å². The Balaban J connectivity index is 1.94. The minimum atomic E-state index is 0.216. The summed E-state index contributed by atoms with van der Waals surface area (Å²) < 4.78 is 5.78. The van der Waals surface area contributed by atoms with E-state index in [1.54, 1.807) is 12.1 Å². The Kier molecular flexibility index (Phi) is 4.42. The molecule has 0 saturated heterocycles. The smallest absolute Gasteiger partial charge is 0.139 e. The number of hydrogen-bond acceptors (Lipinski definition) is 2. The van der Waals surface area contributed by atoms with Crippen molar-refractivity contribution in [3.8, 4) is 5.75 Å². The standard InChI is InChI=1S/C12H14Cl3NO/c1-2-16-7-3-8(4-7)17-12-6-10(14)9(13)5-11(12)15/h5-8,16H,2-4H2,1H3. The first-order valence-electron chi connectivity index (χ1n) is 5.64. The van der Waals surface area contributed by atoms with Gasteiger partial charge in [-0.1, -0.05) is 41.7 Å². The molecule has 1 aliphatic rings. The monoisotopic (exact) mass is 293 g/mol. The maximum absolute atomic E-state index is 6.04. The van der Waals surface area contributed by atoms with Gasteiger partial charge in [0, 0.05) is 12.1 Å². The highest BCUT2D eigenvalue weighted by Crippen LogP contribution is 2.36. The lowest BCUT2D eigenvalue weighted by molar-refractivity contribution is 0.0860. The highest BCUT2D eigenvalue weighted by molar-refractivity contribution is 6.43. The lowest BCUT2D eigenvalue weighted by atomic mass is 9.89. The largest absolute Gasteiger partial charge is 0.489 e. The molecule has 0 spiro atoms. The number of nitrogens with one attached hydrogen (secondary N) is 1. The molecule has 17 heavy (non-hydrogen) atoms. The van der Waals surface area contributed by atoms with Crippen LogP contribution in [-0.4, -0.2) is 18.7 Å². The van der Waals surface area contributed by atoms with Crippen molar-refractivity contribution >= 4 is 34.8 Å². The van der Waals surface area contributed by atoms with Gasteiger partial charge in [0.2, 0.25) is 0 Å². The maximum atomic E-state index is 6.04. The SMILES string of the molecule is CCNC1CC(Oc2cc(Cl)c(Cl)cc2Cl)C1. The van der Waals surface area contributed by atoms with E-state index in [0.29, 0.717) is 26.9 Å². The molecule has 1 fully saturated rings.